The van der Waals surface area contributed by atoms with Crippen molar-refractivity contribution in [2.45, 2.75) is 12.8 Å². The summed E-state index contributed by atoms with van der Waals surface area (Å²) in [6, 6.07) is 20.3. The number of amides is 1. The van der Waals surface area contributed by atoms with Crippen molar-refractivity contribution in [2.75, 3.05) is 5.32 Å². The minimum absolute atomic E-state index is 0.0154. The number of fused-ring (bicyclic) bond motifs is 1. The Labute approximate surface area is 206 Å². The van der Waals surface area contributed by atoms with Gasteiger partial charge in [-0.05, 0) is 47.5 Å². The van der Waals surface area contributed by atoms with Crippen LogP contribution in [0.5, 0.6) is 0 Å². The smallest absolute Gasteiger partial charge is 0.228 e. The van der Waals surface area contributed by atoms with E-state index in [9.17, 15) is 9.59 Å². The van der Waals surface area contributed by atoms with E-state index in [-0.39, 0.29) is 18.1 Å². The lowest BCUT2D eigenvalue weighted by atomic mass is 10.0. The second-order valence-corrected chi connectivity index (χ2v) is 8.75. The summed E-state index contributed by atoms with van der Waals surface area (Å²) in [5, 5.41) is 13.0. The first kappa shape index (κ1) is 22.6. The van der Waals surface area contributed by atoms with Crippen LogP contribution in [0.25, 0.3) is 16.6 Å². The van der Waals surface area contributed by atoms with Gasteiger partial charge in [0.1, 0.15) is 0 Å². The van der Waals surface area contributed by atoms with Crippen LogP contribution < -0.4 is 5.32 Å². The van der Waals surface area contributed by atoms with E-state index in [2.05, 4.69) is 15.5 Å². The minimum atomic E-state index is -0.188. The molecule has 0 unspecified atom stereocenters. The van der Waals surface area contributed by atoms with Gasteiger partial charge < -0.3 is 5.32 Å². The van der Waals surface area contributed by atoms with Crippen molar-refractivity contribution < 1.29 is 9.59 Å². The lowest BCUT2D eigenvalue weighted by Gasteiger charge is -2.06. The van der Waals surface area contributed by atoms with Crippen LogP contribution in [0.4, 0.5) is 5.69 Å². The molecule has 0 saturated heterocycles. The number of benzene rings is 3. The zero-order valence-electron chi connectivity index (χ0n) is 19.0. The van der Waals surface area contributed by atoms with Crippen LogP contribution in [0.1, 0.15) is 21.5 Å². The number of nitrogens with zero attached hydrogens (tertiary/aromatic N) is 4. The van der Waals surface area contributed by atoms with Gasteiger partial charge in [0.2, 0.25) is 5.91 Å². The van der Waals surface area contributed by atoms with E-state index in [0.29, 0.717) is 22.7 Å². The molecule has 0 bridgehead atoms. The molecule has 2 aromatic heterocycles. The molecule has 0 radical (unpaired) electrons. The van der Waals surface area contributed by atoms with Crippen molar-refractivity contribution in [3.8, 4) is 5.69 Å². The van der Waals surface area contributed by atoms with Gasteiger partial charge in [-0.3, -0.25) is 14.3 Å². The monoisotopic (exact) mass is 483 g/mol. The minimum Gasteiger partial charge on any atom is -0.324 e. The number of Topliss-reactive ketones (excluding diaryl/α,β-unsaturated/α-hetero) is 1. The molecule has 1 N–H and O–H groups in total. The highest BCUT2D eigenvalue weighted by molar-refractivity contribution is 6.33. The van der Waals surface area contributed by atoms with Crippen molar-refractivity contribution in [1.82, 2.24) is 19.6 Å². The second-order valence-electron chi connectivity index (χ2n) is 8.34. The van der Waals surface area contributed by atoms with Crippen LogP contribution in [0.2, 0.25) is 5.02 Å². The molecule has 0 aliphatic heterocycles. The summed E-state index contributed by atoms with van der Waals surface area (Å²) >= 11 is 6.11. The van der Waals surface area contributed by atoms with Gasteiger partial charge in [0.05, 0.1) is 34.5 Å². The van der Waals surface area contributed by atoms with Crippen molar-refractivity contribution in [3.05, 3.63) is 107 Å². The van der Waals surface area contributed by atoms with Gasteiger partial charge in [0.25, 0.3) is 0 Å². The molecule has 2 heterocycles. The Bertz CT molecular complexity index is 1550. The number of ketones is 1. The molecule has 3 aromatic carbocycles. The molecule has 0 aliphatic carbocycles. The highest BCUT2D eigenvalue weighted by Crippen LogP contribution is 2.21. The van der Waals surface area contributed by atoms with Crippen LogP contribution in [-0.4, -0.2) is 31.3 Å². The van der Waals surface area contributed by atoms with Gasteiger partial charge in [-0.2, -0.15) is 10.2 Å². The summed E-state index contributed by atoms with van der Waals surface area (Å²) in [6.07, 6.45) is 5.81. The number of rotatable bonds is 7. The molecular formula is C27H22ClN5O2. The van der Waals surface area contributed by atoms with Crippen LogP contribution in [-0.2, 0) is 24.7 Å². The molecule has 0 aliphatic rings. The molecule has 5 rings (SSSR count). The fourth-order valence-corrected chi connectivity index (χ4v) is 4.14. The molecule has 5 aromatic rings. The summed E-state index contributed by atoms with van der Waals surface area (Å²) in [5.74, 6) is -0.172. The Balaban J connectivity index is 1.27. The number of aryl methyl sites for hydroxylation is 1. The van der Waals surface area contributed by atoms with Gasteiger partial charge in [0, 0.05) is 36.8 Å². The van der Waals surface area contributed by atoms with Gasteiger partial charge in [-0.15, -0.1) is 0 Å². The number of aromatic nitrogens is 4. The Morgan fingerprint density at radius 1 is 0.943 bits per heavy atom. The topological polar surface area (TPSA) is 81.8 Å². The number of hydrogen-bond acceptors (Lipinski definition) is 4. The number of nitrogens with one attached hydrogen (secondary N) is 1. The maximum atomic E-state index is 13.0. The fourth-order valence-electron chi connectivity index (χ4n) is 3.95. The lowest BCUT2D eigenvalue weighted by Crippen LogP contribution is -2.14. The third-order valence-electron chi connectivity index (χ3n) is 5.63. The quantitative estimate of drug-likeness (QED) is 0.329. The molecule has 0 atom stereocenters. The molecule has 8 heteroatoms. The maximum absolute atomic E-state index is 13.0. The summed E-state index contributed by atoms with van der Waals surface area (Å²) < 4.78 is 3.43. The average Bonchev–Trinajstić information content (AvgIpc) is 3.46. The van der Waals surface area contributed by atoms with E-state index < -0.39 is 0 Å². The van der Waals surface area contributed by atoms with E-state index in [0.717, 1.165) is 27.7 Å². The Morgan fingerprint density at radius 3 is 2.66 bits per heavy atom. The number of para-hydroxylation sites is 1. The normalized spacial score (nSPS) is 11.0. The van der Waals surface area contributed by atoms with Gasteiger partial charge in [-0.1, -0.05) is 41.9 Å². The maximum Gasteiger partial charge on any atom is 0.228 e. The van der Waals surface area contributed by atoms with Crippen molar-refractivity contribution >= 4 is 39.9 Å². The molecule has 7 nitrogen and oxygen atoms in total. The first-order valence-electron chi connectivity index (χ1n) is 11.1. The molecule has 0 saturated carbocycles. The van der Waals surface area contributed by atoms with E-state index in [1.807, 2.05) is 55.7 Å². The highest BCUT2D eigenvalue weighted by Gasteiger charge is 2.12. The van der Waals surface area contributed by atoms with Crippen LogP contribution in [0, 0.1) is 0 Å². The van der Waals surface area contributed by atoms with Crippen molar-refractivity contribution in [2.24, 2.45) is 7.05 Å². The SMILES string of the molecule is Cn1cc2cc(CC(=O)c3cccc(-n4cc(CC(=O)Nc5ccccc5Cl)cn4)c3)ccc2n1. The van der Waals surface area contributed by atoms with Gasteiger partial charge in [0.15, 0.2) is 5.78 Å². The van der Waals surface area contributed by atoms with Crippen molar-refractivity contribution in [3.63, 3.8) is 0 Å². The molecule has 0 spiro atoms. The first-order valence-corrected chi connectivity index (χ1v) is 11.5. The third kappa shape index (κ3) is 5.15. The highest BCUT2D eigenvalue weighted by atomic mass is 35.5. The summed E-state index contributed by atoms with van der Waals surface area (Å²) in [5.41, 5.74) is 4.50. The summed E-state index contributed by atoms with van der Waals surface area (Å²) in [7, 11) is 1.88. The number of carbonyl (C=O) groups is 2. The molecule has 1 amide bonds. The second kappa shape index (κ2) is 9.56. The number of carbonyl (C=O) groups excluding carboxylic acids is 2. The van der Waals surface area contributed by atoms with E-state index in [1.54, 1.807) is 46.0 Å². The van der Waals surface area contributed by atoms with E-state index >= 15 is 0 Å². The number of halogens is 1. The molecule has 174 valence electrons. The molecule has 35 heavy (non-hydrogen) atoms. The Hall–Kier alpha value is -4.23. The average molecular weight is 484 g/mol. The predicted octanol–water partition coefficient (Wildman–Crippen LogP) is 5.02. The number of hydrogen-bond donors (Lipinski definition) is 1. The van der Waals surface area contributed by atoms with Crippen LogP contribution >= 0.6 is 11.6 Å². The zero-order chi connectivity index (χ0) is 24.4. The van der Waals surface area contributed by atoms with E-state index in [1.165, 1.54) is 0 Å². The largest absolute Gasteiger partial charge is 0.324 e. The van der Waals surface area contributed by atoms with Crippen LogP contribution in [0.3, 0.4) is 0 Å². The molecule has 0 fully saturated rings. The lowest BCUT2D eigenvalue weighted by molar-refractivity contribution is -0.115. The fraction of sp³-hybridized carbons (Fsp3) is 0.111. The Kier molecular flexibility index (Phi) is 6.16. The van der Waals surface area contributed by atoms with Gasteiger partial charge in [-0.25, -0.2) is 4.68 Å². The van der Waals surface area contributed by atoms with Gasteiger partial charge >= 0.3 is 0 Å². The predicted molar refractivity (Wildman–Crippen MR) is 136 cm³/mol. The molecular weight excluding hydrogens is 462 g/mol. The first-order chi connectivity index (χ1) is 16.9. The third-order valence-corrected chi connectivity index (χ3v) is 5.96. The van der Waals surface area contributed by atoms with E-state index in [4.69, 9.17) is 11.6 Å². The summed E-state index contributed by atoms with van der Waals surface area (Å²) in [4.78, 5) is 25.4. The zero-order valence-corrected chi connectivity index (χ0v) is 19.7. The summed E-state index contributed by atoms with van der Waals surface area (Å²) in [6.45, 7) is 0. The van der Waals surface area contributed by atoms with Crippen molar-refractivity contribution in [1.29, 1.82) is 0 Å². The number of anilines is 1. The standard InChI is InChI=1S/C27H22ClN5O2/c1-32-17-21-11-18(9-10-24(21)31-32)12-26(34)20-5-4-6-22(14-20)33-16-19(15-29-33)13-27(35)30-25-8-3-2-7-23(25)28/h2-11,14-17H,12-13H2,1H3,(H,30,35). The van der Waals surface area contributed by atoms with Crippen LogP contribution in [0.15, 0.2) is 85.3 Å². The Morgan fingerprint density at radius 2 is 1.80 bits per heavy atom.